The number of alkyl halides is 3. The van der Waals surface area contributed by atoms with Crippen LogP contribution in [0.1, 0.15) is 0 Å². The first kappa shape index (κ1) is 10.0. The van der Waals surface area contributed by atoms with Gasteiger partial charge < -0.3 is 4.52 Å². The van der Waals surface area contributed by atoms with Crippen LogP contribution in [-0.2, 0) is 9.32 Å². The molecule has 0 N–H and O–H groups in total. The molecule has 0 aromatic carbocycles. The first-order chi connectivity index (χ1) is 4.34. The Hall–Kier alpha value is 0.0500. The number of halogens is 4. The number of hydrogen-bond donors (Lipinski definition) is 0. The maximum absolute atomic E-state index is 11.6. The lowest BCUT2D eigenvalue weighted by atomic mass is 10.7. The Morgan fingerprint density at radius 3 is 2.00 bits per heavy atom. The van der Waals surface area contributed by atoms with E-state index in [-0.39, 0.29) is 0 Å². The van der Waals surface area contributed by atoms with Crippen molar-refractivity contribution in [2.45, 2.75) is 6.18 Å². The Kier molecular flexibility index (Phi) is 3.46. The van der Waals surface area contributed by atoms with Crippen molar-refractivity contribution in [3.8, 4) is 0 Å². The monoisotopic (exact) mass is 196 g/mol. The summed E-state index contributed by atoms with van der Waals surface area (Å²) in [6, 6.07) is 0. The first-order valence-electron chi connectivity index (χ1n) is 1.83. The first-order valence-corrected chi connectivity index (χ1v) is 4.60. The van der Waals surface area contributed by atoms with Gasteiger partial charge in [-0.25, -0.2) is 4.79 Å². The summed E-state index contributed by atoms with van der Waals surface area (Å²) in [5, 5.41) is 0. The summed E-state index contributed by atoms with van der Waals surface area (Å²) in [5.41, 5.74) is 0. The number of rotatable bonds is 1. The zero-order valence-corrected chi connectivity index (χ0v) is 6.40. The molecule has 0 aliphatic rings. The normalized spacial score (nSPS) is 14.5. The Bertz CT molecular complexity index is 132. The molecule has 2 atom stereocenters. The topological polar surface area (TPSA) is 26.3 Å². The standard InChI is InChI=1S/C2H2F4O2P2/c3-2(4,5)1(7)8-10(6)9/h9H2. The average molecular weight is 196 g/mol. The molecular formula is C2H2F4O2P2. The fourth-order valence-electron chi connectivity index (χ4n) is 0.131. The van der Waals surface area contributed by atoms with Gasteiger partial charge in [0.05, 0.1) is 0 Å². The zero-order chi connectivity index (χ0) is 8.36. The summed E-state index contributed by atoms with van der Waals surface area (Å²) in [5.74, 6) is -2.50. The Morgan fingerprint density at radius 1 is 1.50 bits per heavy atom. The molecule has 0 fully saturated rings. The molecule has 2 unspecified atom stereocenters. The Balaban J connectivity index is 3.87. The zero-order valence-electron chi connectivity index (χ0n) is 4.35. The third-order valence-corrected chi connectivity index (χ3v) is 1.06. The molecule has 0 amide bonds. The highest BCUT2D eigenvalue weighted by atomic mass is 32.0. The fourth-order valence-corrected chi connectivity index (χ4v) is 0.680. The van der Waals surface area contributed by atoms with Crippen LogP contribution >= 0.6 is 17.1 Å². The van der Waals surface area contributed by atoms with Crippen LogP contribution in [0.5, 0.6) is 0 Å². The summed E-state index contributed by atoms with van der Waals surface area (Å²) >= 11 is 0. The smallest absolute Gasteiger partial charge is 0.403 e. The van der Waals surface area contributed by atoms with Gasteiger partial charge in [-0.1, -0.05) is 0 Å². The molecular weight excluding hydrogens is 194 g/mol. The van der Waals surface area contributed by atoms with Crippen molar-refractivity contribution < 1.29 is 26.7 Å². The van der Waals surface area contributed by atoms with Crippen molar-refractivity contribution in [1.82, 2.24) is 0 Å². The van der Waals surface area contributed by atoms with Crippen molar-refractivity contribution in [3.05, 3.63) is 0 Å². The van der Waals surface area contributed by atoms with Crippen molar-refractivity contribution >= 4 is 23.0 Å². The molecule has 0 heterocycles. The Morgan fingerprint density at radius 2 is 1.90 bits per heavy atom. The maximum atomic E-state index is 11.6. The van der Waals surface area contributed by atoms with Crippen molar-refractivity contribution in [2.24, 2.45) is 0 Å². The molecule has 60 valence electrons. The van der Waals surface area contributed by atoms with Crippen LogP contribution in [0.4, 0.5) is 17.4 Å². The Labute approximate surface area is 57.0 Å². The van der Waals surface area contributed by atoms with Crippen LogP contribution < -0.4 is 0 Å². The number of carbonyl (C=O) groups is 1. The maximum Gasteiger partial charge on any atom is 0.491 e. The summed E-state index contributed by atoms with van der Waals surface area (Å²) in [6.45, 7) is 0. The van der Waals surface area contributed by atoms with Crippen molar-refractivity contribution in [3.63, 3.8) is 0 Å². The van der Waals surface area contributed by atoms with Gasteiger partial charge in [-0.05, 0) is 8.93 Å². The van der Waals surface area contributed by atoms with E-state index < -0.39 is 20.3 Å². The summed E-state index contributed by atoms with van der Waals surface area (Å²) in [7, 11) is -1.54. The predicted octanol–water partition coefficient (Wildman–Crippen LogP) is 2.16. The van der Waals surface area contributed by atoms with Crippen LogP contribution in [0.25, 0.3) is 0 Å². The molecule has 0 radical (unpaired) electrons. The van der Waals surface area contributed by atoms with Crippen LogP contribution in [0.2, 0.25) is 0 Å². The van der Waals surface area contributed by atoms with E-state index in [0.29, 0.717) is 0 Å². The third-order valence-electron chi connectivity index (χ3n) is 0.402. The van der Waals surface area contributed by atoms with Gasteiger partial charge in [-0.15, -0.1) is 0 Å². The van der Waals surface area contributed by atoms with E-state index in [1.165, 1.54) is 8.93 Å². The van der Waals surface area contributed by atoms with Gasteiger partial charge in [0, 0.05) is 0 Å². The molecule has 0 saturated heterocycles. The van der Waals surface area contributed by atoms with E-state index in [9.17, 15) is 22.2 Å². The van der Waals surface area contributed by atoms with E-state index in [0.717, 1.165) is 0 Å². The lowest BCUT2D eigenvalue weighted by molar-refractivity contribution is -0.189. The molecule has 0 spiro atoms. The number of carbonyl (C=O) groups excluding carboxylic acids is 1. The lowest BCUT2D eigenvalue weighted by Gasteiger charge is -2.05. The average Bonchev–Trinajstić information content (AvgIpc) is 1.60. The molecule has 0 aliphatic carbocycles. The SMILES string of the molecule is O=C(OP(F)P)C(F)(F)F. The van der Waals surface area contributed by atoms with Crippen LogP contribution in [0.15, 0.2) is 0 Å². The fraction of sp³-hybridized carbons (Fsp3) is 0.500. The molecule has 0 saturated carbocycles. The molecule has 0 aliphatic heterocycles. The van der Waals surface area contributed by atoms with Gasteiger partial charge in [-0.2, -0.15) is 17.4 Å². The minimum absolute atomic E-state index is 1.31. The molecule has 10 heavy (non-hydrogen) atoms. The summed E-state index contributed by atoms with van der Waals surface area (Å²) in [6.07, 6.45) is -5.11. The van der Waals surface area contributed by atoms with Crippen LogP contribution in [0, 0.1) is 0 Å². The summed E-state index contributed by atoms with van der Waals surface area (Å²) in [4.78, 5) is 9.69. The predicted molar refractivity (Wildman–Crippen MR) is 29.9 cm³/mol. The van der Waals surface area contributed by atoms with Crippen LogP contribution in [0.3, 0.4) is 0 Å². The van der Waals surface area contributed by atoms with Gasteiger partial charge in [0.15, 0.2) is 0 Å². The molecule has 2 nitrogen and oxygen atoms in total. The quantitative estimate of drug-likeness (QED) is 0.474. The minimum atomic E-state index is -5.11. The number of hydrogen-bond acceptors (Lipinski definition) is 2. The van der Waals surface area contributed by atoms with E-state index >= 15 is 0 Å². The highest BCUT2D eigenvalue weighted by molar-refractivity contribution is 8.08. The van der Waals surface area contributed by atoms with Gasteiger partial charge in [0.25, 0.3) is 8.15 Å². The highest BCUT2D eigenvalue weighted by Gasteiger charge is 2.42. The molecule has 0 aromatic heterocycles. The summed E-state index contributed by atoms with van der Waals surface area (Å²) < 4.78 is 48.3. The second-order valence-electron chi connectivity index (χ2n) is 1.15. The molecule has 8 heteroatoms. The highest BCUT2D eigenvalue weighted by Crippen LogP contribution is 2.48. The second-order valence-corrected chi connectivity index (χ2v) is 3.09. The third kappa shape index (κ3) is 3.96. The van der Waals surface area contributed by atoms with Gasteiger partial charge in [0.1, 0.15) is 0 Å². The van der Waals surface area contributed by atoms with Crippen molar-refractivity contribution in [1.29, 1.82) is 0 Å². The van der Waals surface area contributed by atoms with E-state index in [4.69, 9.17) is 0 Å². The minimum Gasteiger partial charge on any atom is -0.403 e. The lowest BCUT2D eigenvalue weighted by Crippen LogP contribution is -2.22. The molecule has 0 aromatic rings. The molecule has 0 bridgehead atoms. The van der Waals surface area contributed by atoms with E-state index in [2.05, 4.69) is 4.52 Å². The molecule has 0 rings (SSSR count). The van der Waals surface area contributed by atoms with Gasteiger partial charge in [0.2, 0.25) is 0 Å². The van der Waals surface area contributed by atoms with E-state index in [1.54, 1.807) is 0 Å². The second kappa shape index (κ2) is 3.44. The van der Waals surface area contributed by atoms with E-state index in [1.807, 2.05) is 0 Å². The van der Waals surface area contributed by atoms with Crippen LogP contribution in [-0.4, -0.2) is 12.1 Å². The van der Waals surface area contributed by atoms with Gasteiger partial charge in [-0.3, -0.25) is 0 Å². The van der Waals surface area contributed by atoms with Gasteiger partial charge >= 0.3 is 12.1 Å². The largest absolute Gasteiger partial charge is 0.491 e. The van der Waals surface area contributed by atoms with Crippen molar-refractivity contribution in [2.75, 3.05) is 0 Å².